The highest BCUT2D eigenvalue weighted by molar-refractivity contribution is 6.08. The van der Waals surface area contributed by atoms with Crippen molar-refractivity contribution in [2.45, 2.75) is 45.6 Å². The fourth-order valence-corrected chi connectivity index (χ4v) is 2.90. The van der Waals surface area contributed by atoms with Gasteiger partial charge in [0.05, 0.1) is 6.61 Å². The minimum atomic E-state index is -1.01. The molecule has 1 aromatic rings. The molecule has 0 saturated carbocycles. The van der Waals surface area contributed by atoms with E-state index in [-0.39, 0.29) is 5.78 Å². The Morgan fingerprint density at radius 2 is 1.82 bits per heavy atom. The lowest BCUT2D eigenvalue weighted by Crippen LogP contribution is -2.44. The van der Waals surface area contributed by atoms with E-state index in [1.54, 1.807) is 31.2 Å². The number of hydrogen-bond donors (Lipinski definition) is 1. The monoisotopic (exact) mass is 390 g/mol. The summed E-state index contributed by atoms with van der Waals surface area (Å²) in [5.74, 6) is -1.02. The van der Waals surface area contributed by atoms with E-state index in [1.165, 1.54) is 0 Å². The molecule has 0 radical (unpaired) electrons. The van der Waals surface area contributed by atoms with E-state index in [9.17, 15) is 19.2 Å². The maximum Gasteiger partial charge on any atom is 0.326 e. The van der Waals surface area contributed by atoms with Crippen molar-refractivity contribution in [1.82, 2.24) is 10.2 Å². The first-order valence-electron chi connectivity index (χ1n) is 9.36. The average molecular weight is 390 g/mol. The Labute approximate surface area is 164 Å². The fourth-order valence-electron chi connectivity index (χ4n) is 2.90. The predicted octanol–water partition coefficient (Wildman–Crippen LogP) is 2.31. The van der Waals surface area contributed by atoms with Crippen LogP contribution in [0.5, 0.6) is 5.75 Å². The summed E-state index contributed by atoms with van der Waals surface area (Å²) in [6, 6.07) is 5.85. The van der Waals surface area contributed by atoms with Gasteiger partial charge in [0.15, 0.2) is 12.4 Å². The Morgan fingerprint density at radius 3 is 2.43 bits per heavy atom. The molecule has 1 aliphatic heterocycles. The second kappa shape index (κ2) is 9.34. The van der Waals surface area contributed by atoms with Crippen molar-refractivity contribution in [3.63, 3.8) is 0 Å². The first kappa shape index (κ1) is 21.4. The van der Waals surface area contributed by atoms with Gasteiger partial charge in [-0.3, -0.25) is 19.3 Å². The molecule has 2 rings (SSSR count). The lowest BCUT2D eigenvalue weighted by molar-refractivity contribution is -0.146. The highest BCUT2D eigenvalue weighted by Crippen LogP contribution is 2.23. The van der Waals surface area contributed by atoms with Crippen molar-refractivity contribution in [3.8, 4) is 5.75 Å². The molecule has 0 spiro atoms. The number of unbranched alkanes of at least 4 members (excludes halogenated alkanes) is 1. The number of esters is 1. The van der Waals surface area contributed by atoms with Gasteiger partial charge in [-0.25, -0.2) is 4.79 Å². The number of amides is 3. The maximum atomic E-state index is 12.5. The minimum absolute atomic E-state index is 0.374. The van der Waals surface area contributed by atoms with Crippen molar-refractivity contribution in [3.05, 3.63) is 29.8 Å². The quantitative estimate of drug-likeness (QED) is 0.374. The molecule has 1 N–H and O–H groups in total. The van der Waals surface area contributed by atoms with Crippen molar-refractivity contribution in [1.29, 1.82) is 0 Å². The Balaban J connectivity index is 1.87. The topological polar surface area (TPSA) is 102 Å². The predicted molar refractivity (Wildman–Crippen MR) is 101 cm³/mol. The number of benzene rings is 1. The molecule has 0 unspecified atom stereocenters. The van der Waals surface area contributed by atoms with Gasteiger partial charge in [0.25, 0.3) is 5.91 Å². The van der Waals surface area contributed by atoms with Crippen LogP contribution in [-0.4, -0.2) is 53.9 Å². The van der Waals surface area contributed by atoms with Gasteiger partial charge in [-0.1, -0.05) is 19.8 Å². The Bertz CT molecular complexity index is 746. The fraction of sp³-hybridized carbons (Fsp3) is 0.500. The van der Waals surface area contributed by atoms with Crippen molar-refractivity contribution < 1.29 is 28.7 Å². The summed E-state index contributed by atoms with van der Waals surface area (Å²) in [6.45, 7) is 5.01. The third-order valence-electron chi connectivity index (χ3n) is 4.51. The number of Topliss-reactive ketones (excluding diaryl/α,β-unsaturated/α-hetero) is 1. The lowest BCUT2D eigenvalue weighted by Gasteiger charge is -2.21. The number of carbonyl (C=O) groups excluding carboxylic acids is 4. The summed E-state index contributed by atoms with van der Waals surface area (Å²) in [6.07, 6.45) is 2.15. The Hall–Kier alpha value is -2.90. The summed E-state index contributed by atoms with van der Waals surface area (Å²) in [5.41, 5.74) is -0.635. The highest BCUT2D eigenvalue weighted by atomic mass is 16.5. The first-order valence-corrected chi connectivity index (χ1v) is 9.36. The Morgan fingerprint density at radius 1 is 1.14 bits per heavy atom. The SMILES string of the molecule is CCCC[C@]1(C)NC(=O)N(CC(=O)OCC(=O)c2ccc(OCC)cc2)C1=O. The molecule has 0 bridgehead atoms. The van der Waals surface area contributed by atoms with Crippen LogP contribution in [0.1, 0.15) is 50.4 Å². The number of nitrogens with zero attached hydrogens (tertiary/aromatic N) is 1. The van der Waals surface area contributed by atoms with Gasteiger partial charge in [-0.2, -0.15) is 0 Å². The number of imide groups is 1. The van der Waals surface area contributed by atoms with Crippen LogP contribution in [0.4, 0.5) is 4.79 Å². The molecule has 3 amide bonds. The second-order valence-electron chi connectivity index (χ2n) is 6.80. The molecule has 0 aliphatic carbocycles. The number of rotatable bonds is 10. The van der Waals surface area contributed by atoms with E-state index in [1.807, 2.05) is 13.8 Å². The summed E-state index contributed by atoms with van der Waals surface area (Å²) in [7, 11) is 0. The van der Waals surface area contributed by atoms with Gasteiger partial charge < -0.3 is 14.8 Å². The van der Waals surface area contributed by atoms with E-state index in [2.05, 4.69) is 5.32 Å². The average Bonchev–Trinajstić information content (AvgIpc) is 2.88. The summed E-state index contributed by atoms with van der Waals surface area (Å²) < 4.78 is 10.3. The van der Waals surface area contributed by atoms with E-state index in [0.29, 0.717) is 24.3 Å². The smallest absolute Gasteiger partial charge is 0.326 e. The summed E-state index contributed by atoms with van der Waals surface area (Å²) in [5, 5.41) is 2.63. The summed E-state index contributed by atoms with van der Waals surface area (Å²) in [4.78, 5) is 49.5. The third-order valence-corrected chi connectivity index (χ3v) is 4.51. The molecule has 8 heteroatoms. The lowest BCUT2D eigenvalue weighted by atomic mass is 9.95. The number of urea groups is 1. The number of ketones is 1. The number of ether oxygens (including phenoxy) is 2. The van der Waals surface area contributed by atoms with Crippen molar-refractivity contribution in [2.75, 3.05) is 19.8 Å². The van der Waals surface area contributed by atoms with Crippen molar-refractivity contribution in [2.24, 2.45) is 0 Å². The number of carbonyl (C=O) groups is 4. The first-order chi connectivity index (χ1) is 13.3. The van der Waals surface area contributed by atoms with Crippen LogP contribution in [0.25, 0.3) is 0 Å². The van der Waals surface area contributed by atoms with E-state index < -0.39 is 36.6 Å². The van der Waals surface area contributed by atoms with E-state index in [4.69, 9.17) is 9.47 Å². The van der Waals surface area contributed by atoms with Gasteiger partial charge in [0, 0.05) is 5.56 Å². The molecular weight excluding hydrogens is 364 g/mol. The third kappa shape index (κ3) is 5.09. The van der Waals surface area contributed by atoms with Crippen LogP contribution in [0, 0.1) is 0 Å². The molecule has 1 atom stereocenters. The van der Waals surface area contributed by atoms with Crippen molar-refractivity contribution >= 4 is 23.7 Å². The zero-order valence-electron chi connectivity index (χ0n) is 16.4. The minimum Gasteiger partial charge on any atom is -0.494 e. The van der Waals surface area contributed by atoms with Crippen LogP contribution in [0.3, 0.4) is 0 Å². The van der Waals surface area contributed by atoms with E-state index in [0.717, 1.165) is 17.7 Å². The Kier molecular flexibility index (Phi) is 7.14. The molecule has 152 valence electrons. The van der Waals surface area contributed by atoms with Gasteiger partial charge in [0.2, 0.25) is 0 Å². The number of nitrogens with one attached hydrogen (secondary N) is 1. The zero-order chi connectivity index (χ0) is 20.7. The molecule has 1 aliphatic rings. The van der Waals surface area contributed by atoms with Crippen LogP contribution in [-0.2, 0) is 14.3 Å². The number of hydrogen-bond acceptors (Lipinski definition) is 6. The summed E-state index contributed by atoms with van der Waals surface area (Å²) >= 11 is 0. The standard InChI is InChI=1S/C20H26N2O6/c1-4-6-11-20(3)18(25)22(19(26)21-20)12-17(24)28-13-16(23)14-7-9-15(10-8-14)27-5-2/h7-10H,4-6,11-13H2,1-3H3,(H,21,26)/t20-/m0/s1. The van der Waals surface area contributed by atoms with Crippen LogP contribution in [0.15, 0.2) is 24.3 Å². The second-order valence-corrected chi connectivity index (χ2v) is 6.80. The van der Waals surface area contributed by atoms with Gasteiger partial charge in [-0.15, -0.1) is 0 Å². The molecule has 1 saturated heterocycles. The zero-order valence-corrected chi connectivity index (χ0v) is 16.4. The molecular formula is C20H26N2O6. The van der Waals surface area contributed by atoms with E-state index >= 15 is 0 Å². The van der Waals surface area contributed by atoms with Crippen LogP contribution in [0.2, 0.25) is 0 Å². The van der Waals surface area contributed by atoms with Crippen LogP contribution >= 0.6 is 0 Å². The maximum absolute atomic E-state index is 12.5. The van der Waals surface area contributed by atoms with Gasteiger partial charge in [-0.05, 0) is 44.5 Å². The molecule has 0 aromatic heterocycles. The largest absolute Gasteiger partial charge is 0.494 e. The molecule has 1 heterocycles. The van der Waals surface area contributed by atoms with Gasteiger partial charge in [0.1, 0.15) is 17.8 Å². The molecule has 8 nitrogen and oxygen atoms in total. The molecule has 28 heavy (non-hydrogen) atoms. The van der Waals surface area contributed by atoms with Crippen LogP contribution < -0.4 is 10.1 Å². The molecule has 1 aromatic carbocycles. The normalized spacial score (nSPS) is 18.8. The molecule has 1 fully saturated rings. The highest BCUT2D eigenvalue weighted by Gasteiger charge is 2.47. The van der Waals surface area contributed by atoms with Gasteiger partial charge >= 0.3 is 12.0 Å².